The number of alkyl halides is 3. The molecule has 1 aromatic rings. The van der Waals surface area contributed by atoms with Crippen molar-refractivity contribution in [2.24, 2.45) is 11.5 Å². The molecule has 0 saturated carbocycles. The van der Waals surface area contributed by atoms with Crippen LogP contribution >= 0.6 is 0 Å². The van der Waals surface area contributed by atoms with Gasteiger partial charge in [0, 0.05) is 12.1 Å². The highest BCUT2D eigenvalue weighted by Gasteiger charge is 2.35. The number of benzene rings is 1. The monoisotopic (exact) mass is 248 g/mol. The topological polar surface area (TPSA) is 78.3 Å². The van der Waals surface area contributed by atoms with Crippen molar-refractivity contribution in [2.45, 2.75) is 12.3 Å². The highest BCUT2D eigenvalue weighted by atomic mass is 19.4. The first kappa shape index (κ1) is 13.3. The van der Waals surface area contributed by atoms with Crippen LogP contribution < -0.4 is 11.5 Å². The van der Waals surface area contributed by atoms with E-state index in [0.29, 0.717) is 0 Å². The summed E-state index contributed by atoms with van der Waals surface area (Å²) in [7, 11) is 0. The van der Waals surface area contributed by atoms with Gasteiger partial charge in [-0.15, -0.1) is 0 Å². The van der Waals surface area contributed by atoms with Crippen LogP contribution in [0.3, 0.4) is 0 Å². The van der Waals surface area contributed by atoms with Crippen molar-refractivity contribution in [3.05, 3.63) is 35.4 Å². The zero-order valence-corrected chi connectivity index (χ0v) is 8.70. The van der Waals surface area contributed by atoms with Crippen LogP contribution in [-0.4, -0.2) is 12.6 Å². The van der Waals surface area contributed by atoms with Gasteiger partial charge in [0.05, 0.1) is 5.56 Å². The van der Waals surface area contributed by atoms with Crippen LogP contribution in [0, 0.1) is 0 Å². The normalized spacial score (nSPS) is 13.2. The van der Waals surface area contributed by atoms with E-state index >= 15 is 0 Å². The van der Waals surface area contributed by atoms with Crippen molar-refractivity contribution >= 4 is 6.09 Å². The van der Waals surface area contributed by atoms with Crippen molar-refractivity contribution < 1.29 is 22.7 Å². The first-order valence-corrected chi connectivity index (χ1v) is 4.68. The Morgan fingerprint density at radius 1 is 1.35 bits per heavy atom. The number of primary amides is 1. The zero-order chi connectivity index (χ0) is 13.1. The summed E-state index contributed by atoms with van der Waals surface area (Å²) in [4.78, 5) is 10.6. The molecule has 0 aromatic heterocycles. The first-order valence-electron chi connectivity index (χ1n) is 4.68. The maximum absolute atomic E-state index is 12.7. The smallest absolute Gasteiger partial charge is 0.416 e. The summed E-state index contributed by atoms with van der Waals surface area (Å²) >= 11 is 0. The van der Waals surface area contributed by atoms with E-state index < -0.39 is 23.9 Å². The fourth-order valence-electron chi connectivity index (χ4n) is 1.41. The molecule has 1 amide bonds. The van der Waals surface area contributed by atoms with E-state index in [0.717, 1.165) is 6.07 Å². The Morgan fingerprint density at radius 3 is 2.41 bits per heavy atom. The van der Waals surface area contributed by atoms with Crippen LogP contribution in [-0.2, 0) is 10.9 Å². The molecule has 0 aliphatic rings. The van der Waals surface area contributed by atoms with Gasteiger partial charge >= 0.3 is 12.3 Å². The lowest BCUT2D eigenvalue weighted by Crippen LogP contribution is -2.25. The third-order valence-corrected chi connectivity index (χ3v) is 2.09. The van der Waals surface area contributed by atoms with E-state index in [1.54, 1.807) is 0 Å². The minimum absolute atomic E-state index is 0.207. The van der Waals surface area contributed by atoms with Crippen LogP contribution in [0.2, 0.25) is 0 Å². The molecule has 1 atom stereocenters. The third-order valence-electron chi connectivity index (χ3n) is 2.09. The van der Waals surface area contributed by atoms with Gasteiger partial charge in [-0.2, -0.15) is 13.2 Å². The van der Waals surface area contributed by atoms with Crippen LogP contribution in [0.4, 0.5) is 18.0 Å². The number of carbonyl (C=O) groups is 1. The van der Waals surface area contributed by atoms with Gasteiger partial charge in [0.15, 0.2) is 0 Å². The summed E-state index contributed by atoms with van der Waals surface area (Å²) in [5, 5.41) is 0. The number of nitrogens with two attached hydrogens (primary N) is 2. The second-order valence-electron chi connectivity index (χ2n) is 3.25. The third kappa shape index (κ3) is 3.35. The highest BCUT2D eigenvalue weighted by molar-refractivity contribution is 5.65. The van der Waals surface area contributed by atoms with Gasteiger partial charge in [0.1, 0.15) is 6.10 Å². The SMILES string of the molecule is NC[C@H](OC(N)=O)c1ccccc1C(F)(F)F. The number of rotatable bonds is 3. The number of ether oxygens (including phenoxy) is 1. The number of amides is 1. The Morgan fingerprint density at radius 2 is 1.94 bits per heavy atom. The Kier molecular flexibility index (Phi) is 3.95. The zero-order valence-electron chi connectivity index (χ0n) is 8.70. The van der Waals surface area contributed by atoms with Gasteiger partial charge < -0.3 is 16.2 Å². The molecular weight excluding hydrogens is 237 g/mol. The Bertz CT molecular complexity index is 407. The van der Waals surface area contributed by atoms with Crippen molar-refractivity contribution in [1.29, 1.82) is 0 Å². The van der Waals surface area contributed by atoms with E-state index in [9.17, 15) is 18.0 Å². The van der Waals surface area contributed by atoms with E-state index in [1.807, 2.05) is 0 Å². The molecule has 0 spiro atoms. The fourth-order valence-corrected chi connectivity index (χ4v) is 1.41. The van der Waals surface area contributed by atoms with E-state index in [1.165, 1.54) is 18.2 Å². The number of carbonyl (C=O) groups excluding carboxylic acids is 1. The van der Waals surface area contributed by atoms with Gasteiger partial charge in [-0.1, -0.05) is 18.2 Å². The highest BCUT2D eigenvalue weighted by Crippen LogP contribution is 2.35. The van der Waals surface area contributed by atoms with Gasteiger partial charge in [0.25, 0.3) is 0 Å². The number of hydrogen-bond donors (Lipinski definition) is 2. The second kappa shape index (κ2) is 5.05. The summed E-state index contributed by atoms with van der Waals surface area (Å²) in [6, 6.07) is 4.73. The van der Waals surface area contributed by atoms with Gasteiger partial charge in [-0.3, -0.25) is 0 Å². The molecule has 4 N–H and O–H groups in total. The molecule has 0 heterocycles. The molecule has 1 aromatic carbocycles. The van der Waals surface area contributed by atoms with E-state index in [2.05, 4.69) is 4.74 Å². The molecule has 7 heteroatoms. The first-order chi connectivity index (χ1) is 7.86. The summed E-state index contributed by atoms with van der Waals surface area (Å²) in [5.41, 5.74) is 8.93. The lowest BCUT2D eigenvalue weighted by molar-refractivity contribution is -0.139. The molecule has 0 aliphatic carbocycles. The Balaban J connectivity index is 3.15. The minimum atomic E-state index is -4.54. The van der Waals surface area contributed by atoms with Gasteiger partial charge in [0.2, 0.25) is 0 Å². The molecule has 94 valence electrons. The number of hydrogen-bond acceptors (Lipinski definition) is 3. The summed E-state index contributed by atoms with van der Waals surface area (Å²) < 4.78 is 42.5. The van der Waals surface area contributed by atoms with Gasteiger partial charge in [-0.25, -0.2) is 4.79 Å². The van der Waals surface area contributed by atoms with Crippen molar-refractivity contribution in [3.63, 3.8) is 0 Å². The quantitative estimate of drug-likeness (QED) is 0.856. The van der Waals surface area contributed by atoms with Crippen LogP contribution in [0.5, 0.6) is 0 Å². The predicted molar refractivity (Wildman–Crippen MR) is 53.9 cm³/mol. The average molecular weight is 248 g/mol. The maximum Gasteiger partial charge on any atom is 0.416 e. The van der Waals surface area contributed by atoms with E-state index in [-0.39, 0.29) is 12.1 Å². The molecule has 17 heavy (non-hydrogen) atoms. The Labute approximate surface area is 95.3 Å². The summed E-state index contributed by atoms with van der Waals surface area (Å²) in [5.74, 6) is 0. The molecule has 0 radical (unpaired) electrons. The van der Waals surface area contributed by atoms with Crippen LogP contribution in [0.25, 0.3) is 0 Å². The summed E-state index contributed by atoms with van der Waals surface area (Å²) in [6.07, 6.45) is -6.91. The largest absolute Gasteiger partial charge is 0.440 e. The molecule has 0 unspecified atom stereocenters. The standard InChI is InChI=1S/C10H11F3N2O2/c11-10(12,13)7-4-2-1-3-6(7)8(5-14)17-9(15)16/h1-4,8H,5,14H2,(H2,15,16)/t8-/m0/s1. The molecule has 1 rings (SSSR count). The molecule has 0 saturated heterocycles. The lowest BCUT2D eigenvalue weighted by atomic mass is 10.0. The van der Waals surface area contributed by atoms with Crippen molar-refractivity contribution in [3.8, 4) is 0 Å². The van der Waals surface area contributed by atoms with Crippen LogP contribution in [0.15, 0.2) is 24.3 Å². The fraction of sp³-hybridized carbons (Fsp3) is 0.300. The lowest BCUT2D eigenvalue weighted by Gasteiger charge is -2.19. The average Bonchev–Trinajstić information content (AvgIpc) is 2.24. The van der Waals surface area contributed by atoms with E-state index in [4.69, 9.17) is 11.5 Å². The van der Waals surface area contributed by atoms with Gasteiger partial charge in [-0.05, 0) is 6.07 Å². The van der Waals surface area contributed by atoms with Crippen molar-refractivity contribution in [1.82, 2.24) is 0 Å². The number of halogens is 3. The summed E-state index contributed by atoms with van der Waals surface area (Å²) in [6.45, 7) is -0.282. The van der Waals surface area contributed by atoms with Crippen molar-refractivity contribution in [2.75, 3.05) is 6.54 Å². The van der Waals surface area contributed by atoms with Crippen LogP contribution in [0.1, 0.15) is 17.2 Å². The molecular formula is C10H11F3N2O2. The maximum atomic E-state index is 12.7. The minimum Gasteiger partial charge on any atom is -0.440 e. The molecule has 0 aliphatic heterocycles. The molecule has 4 nitrogen and oxygen atoms in total. The predicted octanol–water partition coefficient (Wildman–Crippen LogP) is 1.80. The molecule has 0 fully saturated rings. The molecule has 0 bridgehead atoms. The second-order valence-corrected chi connectivity index (χ2v) is 3.25. The Hall–Kier alpha value is -1.76.